The van der Waals surface area contributed by atoms with Crippen molar-refractivity contribution in [3.8, 4) is 5.75 Å². The molecule has 0 aromatic carbocycles. The first-order valence-corrected chi connectivity index (χ1v) is 5.03. The molecule has 0 atom stereocenters. The van der Waals surface area contributed by atoms with Crippen molar-refractivity contribution in [1.29, 1.82) is 0 Å². The number of halogens is 4. The van der Waals surface area contributed by atoms with E-state index in [-0.39, 0.29) is 12.3 Å². The van der Waals surface area contributed by atoms with Gasteiger partial charge in [0, 0.05) is 18.2 Å². The number of hydrogen-bond acceptors (Lipinski definition) is 3. The summed E-state index contributed by atoms with van der Waals surface area (Å²) in [6.07, 6.45) is -4.69. The SMILES string of the molecule is Cc1c(OC(F)(F)F)cc(CN)nc1I. The minimum Gasteiger partial charge on any atom is -0.405 e. The lowest BCUT2D eigenvalue weighted by atomic mass is 10.2. The monoisotopic (exact) mass is 332 g/mol. The van der Waals surface area contributed by atoms with Crippen LogP contribution in [0.4, 0.5) is 13.2 Å². The maximum Gasteiger partial charge on any atom is 0.573 e. The zero-order valence-electron chi connectivity index (χ0n) is 7.73. The van der Waals surface area contributed by atoms with Gasteiger partial charge in [-0.1, -0.05) is 0 Å². The standard InChI is InChI=1S/C8H8F3IN2O/c1-4-6(15-8(9,10)11)2-5(3-13)14-7(4)12/h2H,3,13H2,1H3. The molecular weight excluding hydrogens is 324 g/mol. The summed E-state index contributed by atoms with van der Waals surface area (Å²) in [6, 6.07) is 1.20. The number of nitrogens with zero attached hydrogens (tertiary/aromatic N) is 1. The predicted octanol–water partition coefficient (Wildman–Crippen LogP) is 2.35. The van der Waals surface area contributed by atoms with E-state index in [9.17, 15) is 13.2 Å². The van der Waals surface area contributed by atoms with Crippen LogP contribution in [0.5, 0.6) is 5.75 Å². The van der Waals surface area contributed by atoms with Gasteiger partial charge in [0.25, 0.3) is 0 Å². The highest BCUT2D eigenvalue weighted by Crippen LogP contribution is 2.28. The van der Waals surface area contributed by atoms with Crippen LogP contribution in [0.15, 0.2) is 6.07 Å². The minimum absolute atomic E-state index is 0.0739. The second-order valence-corrected chi connectivity index (χ2v) is 3.80. The van der Waals surface area contributed by atoms with Gasteiger partial charge in [-0.25, -0.2) is 4.98 Å². The van der Waals surface area contributed by atoms with Crippen LogP contribution in [-0.4, -0.2) is 11.3 Å². The average Bonchev–Trinajstić information content (AvgIpc) is 2.10. The third-order valence-corrected chi connectivity index (χ3v) is 2.70. The molecule has 1 heterocycles. The Balaban J connectivity index is 3.11. The molecule has 0 unspecified atom stereocenters. The van der Waals surface area contributed by atoms with Crippen molar-refractivity contribution < 1.29 is 17.9 Å². The molecule has 1 aromatic heterocycles. The molecule has 0 aliphatic rings. The number of ether oxygens (including phenoxy) is 1. The summed E-state index contributed by atoms with van der Waals surface area (Å²) in [5, 5.41) is 0. The summed E-state index contributed by atoms with van der Waals surface area (Å²) < 4.78 is 40.3. The Labute approximate surface area is 98.0 Å². The van der Waals surface area contributed by atoms with E-state index < -0.39 is 6.36 Å². The van der Waals surface area contributed by atoms with E-state index in [4.69, 9.17) is 5.73 Å². The maximum atomic E-state index is 12.0. The Morgan fingerprint density at radius 1 is 1.53 bits per heavy atom. The van der Waals surface area contributed by atoms with Gasteiger partial charge in [-0.3, -0.25) is 0 Å². The largest absolute Gasteiger partial charge is 0.573 e. The van der Waals surface area contributed by atoms with E-state index in [2.05, 4.69) is 9.72 Å². The second kappa shape index (κ2) is 4.52. The number of aromatic nitrogens is 1. The molecule has 0 radical (unpaired) electrons. The molecule has 1 rings (SSSR count). The fourth-order valence-electron chi connectivity index (χ4n) is 0.939. The second-order valence-electron chi connectivity index (χ2n) is 2.78. The van der Waals surface area contributed by atoms with Crippen molar-refractivity contribution in [2.75, 3.05) is 0 Å². The van der Waals surface area contributed by atoms with Crippen LogP contribution in [0.2, 0.25) is 0 Å². The third kappa shape index (κ3) is 3.49. The van der Waals surface area contributed by atoms with E-state index in [1.807, 2.05) is 22.6 Å². The van der Waals surface area contributed by atoms with Gasteiger partial charge in [0.2, 0.25) is 0 Å². The number of alkyl halides is 3. The molecule has 0 fully saturated rings. The molecule has 0 saturated heterocycles. The van der Waals surface area contributed by atoms with Gasteiger partial charge in [-0.05, 0) is 29.5 Å². The van der Waals surface area contributed by atoms with Crippen LogP contribution < -0.4 is 10.5 Å². The number of rotatable bonds is 2. The summed E-state index contributed by atoms with van der Waals surface area (Å²) in [5.41, 5.74) is 6.02. The lowest BCUT2D eigenvalue weighted by molar-refractivity contribution is -0.274. The van der Waals surface area contributed by atoms with Crippen LogP contribution in [0, 0.1) is 10.6 Å². The van der Waals surface area contributed by atoms with Crippen molar-refractivity contribution >= 4 is 22.6 Å². The van der Waals surface area contributed by atoms with Gasteiger partial charge in [-0.2, -0.15) is 0 Å². The molecule has 0 amide bonds. The van der Waals surface area contributed by atoms with Crippen LogP contribution in [0.3, 0.4) is 0 Å². The number of hydrogen-bond donors (Lipinski definition) is 1. The quantitative estimate of drug-likeness (QED) is 0.668. The van der Waals surface area contributed by atoms with Crippen molar-refractivity contribution in [3.63, 3.8) is 0 Å². The average molecular weight is 332 g/mol. The molecule has 0 aliphatic carbocycles. The molecule has 2 N–H and O–H groups in total. The summed E-state index contributed by atoms with van der Waals surface area (Å²) in [7, 11) is 0. The van der Waals surface area contributed by atoms with Crippen LogP contribution in [-0.2, 0) is 6.54 Å². The first-order chi connectivity index (χ1) is 6.83. The summed E-state index contributed by atoms with van der Waals surface area (Å²) in [5.74, 6) is -0.248. The normalized spacial score (nSPS) is 11.6. The predicted molar refractivity (Wildman–Crippen MR) is 56.3 cm³/mol. The lowest BCUT2D eigenvalue weighted by Crippen LogP contribution is -2.18. The molecule has 84 valence electrons. The Hall–Kier alpha value is -0.570. The Kier molecular flexibility index (Phi) is 3.77. The zero-order valence-corrected chi connectivity index (χ0v) is 9.89. The zero-order chi connectivity index (χ0) is 11.6. The van der Waals surface area contributed by atoms with Crippen LogP contribution in [0.1, 0.15) is 11.3 Å². The summed E-state index contributed by atoms with van der Waals surface area (Å²) in [4.78, 5) is 4.00. The van der Waals surface area contributed by atoms with E-state index in [1.54, 1.807) is 0 Å². The van der Waals surface area contributed by atoms with E-state index in [0.29, 0.717) is 15.0 Å². The highest BCUT2D eigenvalue weighted by atomic mass is 127. The van der Waals surface area contributed by atoms with E-state index in [1.165, 1.54) is 13.0 Å². The minimum atomic E-state index is -4.69. The molecule has 0 saturated carbocycles. The molecule has 7 heteroatoms. The Morgan fingerprint density at radius 2 is 2.13 bits per heavy atom. The van der Waals surface area contributed by atoms with Crippen LogP contribution in [0.25, 0.3) is 0 Å². The van der Waals surface area contributed by atoms with Gasteiger partial charge >= 0.3 is 6.36 Å². The molecule has 0 aliphatic heterocycles. The fraction of sp³-hybridized carbons (Fsp3) is 0.375. The van der Waals surface area contributed by atoms with Crippen molar-refractivity contribution in [3.05, 3.63) is 21.0 Å². The first kappa shape index (κ1) is 12.5. The van der Waals surface area contributed by atoms with Crippen LogP contribution >= 0.6 is 22.6 Å². The Bertz CT molecular complexity index is 368. The number of nitrogens with two attached hydrogens (primary N) is 1. The topological polar surface area (TPSA) is 48.1 Å². The molecule has 1 aromatic rings. The highest BCUT2D eigenvalue weighted by molar-refractivity contribution is 14.1. The van der Waals surface area contributed by atoms with E-state index in [0.717, 1.165) is 0 Å². The van der Waals surface area contributed by atoms with Crippen molar-refractivity contribution in [2.45, 2.75) is 19.8 Å². The van der Waals surface area contributed by atoms with Gasteiger partial charge < -0.3 is 10.5 Å². The smallest absolute Gasteiger partial charge is 0.405 e. The van der Waals surface area contributed by atoms with Crippen molar-refractivity contribution in [2.24, 2.45) is 5.73 Å². The first-order valence-electron chi connectivity index (χ1n) is 3.95. The molecular formula is C8H8F3IN2O. The molecule has 15 heavy (non-hydrogen) atoms. The lowest BCUT2D eigenvalue weighted by Gasteiger charge is -2.13. The molecule has 3 nitrogen and oxygen atoms in total. The van der Waals surface area contributed by atoms with Crippen molar-refractivity contribution in [1.82, 2.24) is 4.98 Å². The Morgan fingerprint density at radius 3 is 2.60 bits per heavy atom. The maximum absolute atomic E-state index is 12.0. The van der Waals surface area contributed by atoms with Gasteiger partial charge in [-0.15, -0.1) is 13.2 Å². The van der Waals surface area contributed by atoms with Gasteiger partial charge in [0.15, 0.2) is 0 Å². The van der Waals surface area contributed by atoms with E-state index >= 15 is 0 Å². The number of pyridine rings is 1. The van der Waals surface area contributed by atoms with Gasteiger partial charge in [0.1, 0.15) is 9.45 Å². The summed E-state index contributed by atoms with van der Waals surface area (Å²) in [6.45, 7) is 1.58. The molecule has 0 bridgehead atoms. The fourth-order valence-corrected chi connectivity index (χ4v) is 1.51. The van der Waals surface area contributed by atoms with Gasteiger partial charge in [0.05, 0.1) is 5.69 Å². The summed E-state index contributed by atoms with van der Waals surface area (Å²) >= 11 is 1.84. The highest BCUT2D eigenvalue weighted by Gasteiger charge is 2.32. The third-order valence-electron chi connectivity index (χ3n) is 1.65. The molecule has 0 spiro atoms.